The highest BCUT2D eigenvalue weighted by atomic mass is 15.1. The normalized spacial score (nSPS) is 20.2. The molecule has 0 aliphatic carbocycles. The Morgan fingerprint density at radius 1 is 1.20 bits per heavy atom. The molecule has 20 heavy (non-hydrogen) atoms. The van der Waals surface area contributed by atoms with Crippen molar-refractivity contribution < 1.29 is 0 Å². The predicted octanol–water partition coefficient (Wildman–Crippen LogP) is 2.29. The number of nitrogens with one attached hydrogen (secondary N) is 1. The number of hydrogen-bond donors (Lipinski definition) is 1. The van der Waals surface area contributed by atoms with Gasteiger partial charge in [-0.05, 0) is 52.4 Å². The van der Waals surface area contributed by atoms with Crippen LogP contribution in [-0.2, 0) is 0 Å². The van der Waals surface area contributed by atoms with E-state index in [2.05, 4.69) is 27.1 Å². The fraction of sp³-hybridized carbons (Fsp3) is 0.533. The minimum absolute atomic E-state index is 0.437. The molecule has 1 fully saturated rings. The van der Waals surface area contributed by atoms with Gasteiger partial charge in [0.2, 0.25) is 0 Å². The fourth-order valence-electron chi connectivity index (χ4n) is 2.83. The summed E-state index contributed by atoms with van der Waals surface area (Å²) in [5.74, 6) is 1.40. The van der Waals surface area contributed by atoms with E-state index in [4.69, 9.17) is 4.98 Å². The second-order valence-corrected chi connectivity index (χ2v) is 5.79. The molecule has 106 valence electrons. The SMILES string of the molecule is Cc1cc(-c2cc(C)[nH]n2)nc([C@@H]2CCCN(C)C2)n1. The van der Waals surface area contributed by atoms with E-state index < -0.39 is 0 Å². The maximum absolute atomic E-state index is 4.76. The number of likely N-dealkylation sites (tertiary alicyclic amines) is 1. The van der Waals surface area contributed by atoms with Gasteiger partial charge in [-0.3, -0.25) is 5.10 Å². The minimum atomic E-state index is 0.437. The molecule has 3 heterocycles. The molecule has 1 atom stereocenters. The lowest BCUT2D eigenvalue weighted by atomic mass is 9.97. The molecule has 0 radical (unpaired) electrons. The first-order valence-corrected chi connectivity index (χ1v) is 7.18. The molecular weight excluding hydrogens is 250 g/mol. The number of piperidine rings is 1. The van der Waals surface area contributed by atoms with Gasteiger partial charge in [-0.15, -0.1) is 0 Å². The standard InChI is InChI=1S/C15H21N5/c1-10-7-13(14-8-11(2)18-19-14)17-15(16-10)12-5-4-6-20(3)9-12/h7-8,12H,4-6,9H2,1-3H3,(H,18,19)/t12-/m1/s1. The van der Waals surface area contributed by atoms with Crippen LogP contribution in [0, 0.1) is 13.8 Å². The van der Waals surface area contributed by atoms with Crippen molar-refractivity contribution in [2.75, 3.05) is 20.1 Å². The lowest BCUT2D eigenvalue weighted by Gasteiger charge is -2.28. The predicted molar refractivity (Wildman–Crippen MR) is 78.6 cm³/mol. The summed E-state index contributed by atoms with van der Waals surface area (Å²) in [6.45, 7) is 6.25. The van der Waals surface area contributed by atoms with Crippen molar-refractivity contribution in [2.45, 2.75) is 32.6 Å². The Morgan fingerprint density at radius 3 is 2.75 bits per heavy atom. The topological polar surface area (TPSA) is 57.7 Å². The lowest BCUT2D eigenvalue weighted by molar-refractivity contribution is 0.246. The minimum Gasteiger partial charge on any atom is -0.306 e. The van der Waals surface area contributed by atoms with Crippen LogP contribution in [0.25, 0.3) is 11.4 Å². The second kappa shape index (κ2) is 5.32. The van der Waals surface area contributed by atoms with Crippen LogP contribution >= 0.6 is 0 Å². The zero-order chi connectivity index (χ0) is 14.1. The molecule has 0 amide bonds. The van der Waals surface area contributed by atoms with Crippen LogP contribution in [-0.4, -0.2) is 45.2 Å². The number of aromatic nitrogens is 4. The van der Waals surface area contributed by atoms with Crippen LogP contribution in [0.2, 0.25) is 0 Å². The van der Waals surface area contributed by atoms with E-state index in [1.807, 2.05) is 26.0 Å². The summed E-state index contributed by atoms with van der Waals surface area (Å²) < 4.78 is 0. The van der Waals surface area contributed by atoms with E-state index >= 15 is 0 Å². The van der Waals surface area contributed by atoms with E-state index in [9.17, 15) is 0 Å². The summed E-state index contributed by atoms with van der Waals surface area (Å²) in [5.41, 5.74) is 3.89. The van der Waals surface area contributed by atoms with Crippen molar-refractivity contribution in [3.8, 4) is 11.4 Å². The number of aryl methyl sites for hydroxylation is 2. The molecule has 0 aromatic carbocycles. The third kappa shape index (κ3) is 2.72. The quantitative estimate of drug-likeness (QED) is 0.910. The number of H-pyrrole nitrogens is 1. The van der Waals surface area contributed by atoms with Gasteiger partial charge in [0.1, 0.15) is 11.5 Å². The monoisotopic (exact) mass is 271 g/mol. The summed E-state index contributed by atoms with van der Waals surface area (Å²) in [6.07, 6.45) is 2.39. The van der Waals surface area contributed by atoms with Crippen molar-refractivity contribution in [1.29, 1.82) is 0 Å². The molecule has 0 bridgehead atoms. The molecule has 2 aromatic heterocycles. The Balaban J connectivity index is 1.94. The second-order valence-electron chi connectivity index (χ2n) is 5.79. The number of aromatic amines is 1. The molecule has 2 aromatic rings. The molecular formula is C15H21N5. The average molecular weight is 271 g/mol. The van der Waals surface area contributed by atoms with Crippen molar-refractivity contribution in [3.63, 3.8) is 0 Å². The largest absolute Gasteiger partial charge is 0.306 e. The van der Waals surface area contributed by atoms with Gasteiger partial charge in [-0.2, -0.15) is 5.10 Å². The van der Waals surface area contributed by atoms with Crippen LogP contribution in [0.4, 0.5) is 0 Å². The maximum atomic E-state index is 4.76. The zero-order valence-corrected chi connectivity index (χ0v) is 12.3. The molecule has 0 saturated carbocycles. The Labute approximate surface area is 119 Å². The summed E-state index contributed by atoms with van der Waals surface area (Å²) >= 11 is 0. The summed E-state index contributed by atoms with van der Waals surface area (Å²) in [5, 5.41) is 7.28. The van der Waals surface area contributed by atoms with Crippen molar-refractivity contribution in [1.82, 2.24) is 25.1 Å². The summed E-state index contributed by atoms with van der Waals surface area (Å²) in [4.78, 5) is 11.8. The highest BCUT2D eigenvalue weighted by Crippen LogP contribution is 2.26. The molecule has 5 heteroatoms. The van der Waals surface area contributed by atoms with Crippen molar-refractivity contribution >= 4 is 0 Å². The van der Waals surface area contributed by atoms with Crippen LogP contribution in [0.15, 0.2) is 12.1 Å². The molecule has 1 aliphatic rings. The first kappa shape index (κ1) is 13.2. The van der Waals surface area contributed by atoms with Gasteiger partial charge >= 0.3 is 0 Å². The molecule has 3 rings (SSSR count). The van der Waals surface area contributed by atoms with Crippen LogP contribution in [0.5, 0.6) is 0 Å². The van der Waals surface area contributed by atoms with Gasteiger partial charge in [0.25, 0.3) is 0 Å². The van der Waals surface area contributed by atoms with E-state index in [1.165, 1.54) is 19.4 Å². The smallest absolute Gasteiger partial charge is 0.133 e. The van der Waals surface area contributed by atoms with E-state index in [0.29, 0.717) is 5.92 Å². The zero-order valence-electron chi connectivity index (χ0n) is 12.3. The van der Waals surface area contributed by atoms with Gasteiger partial charge < -0.3 is 4.90 Å². The summed E-state index contributed by atoms with van der Waals surface area (Å²) in [7, 11) is 2.17. The average Bonchev–Trinajstić information content (AvgIpc) is 2.85. The molecule has 0 spiro atoms. The first-order valence-electron chi connectivity index (χ1n) is 7.18. The van der Waals surface area contributed by atoms with Crippen LogP contribution in [0.3, 0.4) is 0 Å². The Kier molecular flexibility index (Phi) is 3.53. The van der Waals surface area contributed by atoms with Crippen LogP contribution in [0.1, 0.15) is 36.0 Å². The first-order chi connectivity index (χ1) is 9.61. The van der Waals surface area contributed by atoms with Gasteiger partial charge in [0.05, 0.1) is 5.69 Å². The maximum Gasteiger partial charge on any atom is 0.133 e. The molecule has 0 unspecified atom stereocenters. The van der Waals surface area contributed by atoms with Gasteiger partial charge in [-0.1, -0.05) is 0 Å². The van der Waals surface area contributed by atoms with Crippen molar-refractivity contribution in [2.24, 2.45) is 0 Å². The van der Waals surface area contributed by atoms with E-state index in [0.717, 1.165) is 35.1 Å². The highest BCUT2D eigenvalue weighted by Gasteiger charge is 2.22. The number of hydrogen-bond acceptors (Lipinski definition) is 4. The molecule has 1 N–H and O–H groups in total. The molecule has 5 nitrogen and oxygen atoms in total. The Morgan fingerprint density at radius 2 is 2.05 bits per heavy atom. The molecule has 1 saturated heterocycles. The van der Waals surface area contributed by atoms with Gasteiger partial charge in [0.15, 0.2) is 0 Å². The Hall–Kier alpha value is -1.75. The number of rotatable bonds is 2. The third-order valence-electron chi connectivity index (χ3n) is 3.83. The highest BCUT2D eigenvalue weighted by molar-refractivity contribution is 5.54. The number of likely N-dealkylation sites (N-methyl/N-ethyl adjacent to an activating group) is 1. The number of nitrogens with zero attached hydrogens (tertiary/aromatic N) is 4. The fourth-order valence-corrected chi connectivity index (χ4v) is 2.83. The van der Waals surface area contributed by atoms with Gasteiger partial charge in [-0.25, -0.2) is 9.97 Å². The third-order valence-corrected chi connectivity index (χ3v) is 3.83. The lowest BCUT2D eigenvalue weighted by Crippen LogP contribution is -2.31. The van der Waals surface area contributed by atoms with Crippen LogP contribution < -0.4 is 0 Å². The van der Waals surface area contributed by atoms with E-state index in [1.54, 1.807) is 0 Å². The Bertz CT molecular complexity index is 604. The van der Waals surface area contributed by atoms with Gasteiger partial charge in [0, 0.05) is 23.9 Å². The molecule has 1 aliphatic heterocycles. The van der Waals surface area contributed by atoms with Crippen molar-refractivity contribution in [3.05, 3.63) is 29.3 Å². The van der Waals surface area contributed by atoms with E-state index in [-0.39, 0.29) is 0 Å². The summed E-state index contributed by atoms with van der Waals surface area (Å²) in [6, 6.07) is 4.03.